The largest absolute Gasteiger partial charge is 0.484 e. The van der Waals surface area contributed by atoms with Gasteiger partial charge in [0.2, 0.25) is 0 Å². The van der Waals surface area contributed by atoms with Crippen LogP contribution in [0.15, 0.2) is 125 Å². The summed E-state index contributed by atoms with van der Waals surface area (Å²) in [6.45, 7) is 1.31. The third kappa shape index (κ3) is 8.26. The lowest BCUT2D eigenvalue weighted by Gasteiger charge is -2.23. The molecule has 0 aromatic heterocycles. The van der Waals surface area contributed by atoms with Gasteiger partial charge in [-0.25, -0.2) is 13.8 Å². The highest BCUT2D eigenvalue weighted by molar-refractivity contribution is 7.92. The molecule has 0 heterocycles. The van der Waals surface area contributed by atoms with Crippen LogP contribution in [0.25, 0.3) is 0 Å². The summed E-state index contributed by atoms with van der Waals surface area (Å²) in [5.74, 6) is -0.354. The first-order valence-corrected chi connectivity index (χ1v) is 14.3. The summed E-state index contributed by atoms with van der Waals surface area (Å²) in [7, 11) is -3.99. The Labute approximate surface area is 239 Å². The van der Waals surface area contributed by atoms with Gasteiger partial charge in [-0.05, 0) is 66.6 Å². The number of carbonyl (C=O) groups is 2. The monoisotopic (exact) mass is 570 g/mol. The van der Waals surface area contributed by atoms with Crippen molar-refractivity contribution in [3.8, 4) is 5.75 Å². The minimum absolute atomic E-state index is 0.0747. The summed E-state index contributed by atoms with van der Waals surface area (Å²) in [6, 6.07) is 32.6. The number of hydrazone groups is 1. The van der Waals surface area contributed by atoms with E-state index in [-0.39, 0.29) is 23.5 Å². The zero-order chi connectivity index (χ0) is 29.1. The molecule has 2 N–H and O–H groups in total. The zero-order valence-electron chi connectivity index (χ0n) is 22.4. The van der Waals surface area contributed by atoms with Gasteiger partial charge in [0.25, 0.3) is 21.8 Å². The molecule has 1 atom stereocenters. The lowest BCUT2D eigenvalue weighted by atomic mass is 10.1. The molecule has 0 fully saturated rings. The highest BCUT2D eigenvalue weighted by Gasteiger charge is 2.26. The highest BCUT2D eigenvalue weighted by Crippen LogP contribution is 2.23. The molecular formula is C31H30N4O5S. The summed E-state index contributed by atoms with van der Waals surface area (Å²) >= 11 is 0. The standard InChI is InChI=1S/C31H30N4O5S/c1-24(26-11-5-2-6-12-26)33-31(37)23-40-28-19-17-25(18-20-28)21-32-34-30(36)22-35(27-13-7-3-8-14-27)41(38,39)29-15-9-4-10-16-29/h2-21,24H,22-23H2,1H3,(H,33,37)(H,34,36)/b32-21-/t24-/m1/s1. The summed E-state index contributed by atoms with van der Waals surface area (Å²) < 4.78 is 33.2. The highest BCUT2D eigenvalue weighted by atomic mass is 32.2. The van der Waals surface area contributed by atoms with Crippen molar-refractivity contribution in [2.45, 2.75) is 17.9 Å². The number of hydrogen-bond donors (Lipinski definition) is 2. The van der Waals surface area contributed by atoms with Crippen LogP contribution in [0.1, 0.15) is 24.1 Å². The smallest absolute Gasteiger partial charge is 0.264 e. The molecule has 4 aromatic carbocycles. The molecule has 10 heteroatoms. The zero-order valence-corrected chi connectivity index (χ0v) is 23.2. The Morgan fingerprint density at radius 2 is 1.41 bits per heavy atom. The lowest BCUT2D eigenvalue weighted by Crippen LogP contribution is -2.39. The van der Waals surface area contributed by atoms with Crippen molar-refractivity contribution < 1.29 is 22.7 Å². The fraction of sp³-hybridized carbons (Fsp3) is 0.129. The number of ether oxygens (including phenoxy) is 1. The number of benzene rings is 4. The molecule has 9 nitrogen and oxygen atoms in total. The van der Waals surface area contributed by atoms with Crippen LogP contribution >= 0.6 is 0 Å². The molecule has 0 unspecified atom stereocenters. The van der Waals surface area contributed by atoms with Crippen LogP contribution < -0.4 is 19.8 Å². The average molecular weight is 571 g/mol. The number of anilines is 1. The minimum atomic E-state index is -3.99. The van der Waals surface area contributed by atoms with Crippen LogP contribution in [0.2, 0.25) is 0 Å². The number of hydrogen-bond acceptors (Lipinski definition) is 6. The van der Waals surface area contributed by atoms with Crippen molar-refractivity contribution in [3.63, 3.8) is 0 Å². The fourth-order valence-corrected chi connectivity index (χ4v) is 5.32. The van der Waals surface area contributed by atoms with E-state index in [1.165, 1.54) is 18.3 Å². The summed E-state index contributed by atoms with van der Waals surface area (Å²) in [6.07, 6.45) is 1.43. The van der Waals surface area contributed by atoms with Crippen molar-refractivity contribution in [1.82, 2.24) is 10.7 Å². The number of nitrogens with one attached hydrogen (secondary N) is 2. The molecule has 2 amide bonds. The van der Waals surface area contributed by atoms with Crippen LogP contribution in [0.5, 0.6) is 5.75 Å². The molecule has 0 bridgehead atoms. The first-order valence-electron chi connectivity index (χ1n) is 12.8. The Morgan fingerprint density at radius 3 is 2.05 bits per heavy atom. The molecule has 210 valence electrons. The van der Waals surface area contributed by atoms with E-state index in [0.717, 1.165) is 9.87 Å². The topological polar surface area (TPSA) is 117 Å². The van der Waals surface area contributed by atoms with Crippen LogP contribution in [-0.4, -0.2) is 39.6 Å². The Bertz CT molecular complexity index is 1560. The molecule has 0 saturated heterocycles. The number of sulfonamides is 1. The number of carbonyl (C=O) groups excluding carboxylic acids is 2. The maximum absolute atomic E-state index is 13.3. The Balaban J connectivity index is 1.30. The second-order valence-corrected chi connectivity index (χ2v) is 10.9. The quantitative estimate of drug-likeness (QED) is 0.195. The summed E-state index contributed by atoms with van der Waals surface area (Å²) in [5, 5.41) is 6.85. The van der Waals surface area contributed by atoms with Gasteiger partial charge in [0.1, 0.15) is 12.3 Å². The van der Waals surface area contributed by atoms with Crippen molar-refractivity contribution in [2.75, 3.05) is 17.5 Å². The predicted molar refractivity (Wildman–Crippen MR) is 158 cm³/mol. The van der Waals surface area contributed by atoms with E-state index < -0.39 is 22.5 Å². The first-order chi connectivity index (χ1) is 19.8. The Morgan fingerprint density at radius 1 is 0.829 bits per heavy atom. The molecule has 0 saturated carbocycles. The van der Waals surface area contributed by atoms with Crippen LogP contribution in [0.4, 0.5) is 5.69 Å². The van der Waals surface area contributed by atoms with E-state index in [1.54, 1.807) is 72.8 Å². The van der Waals surface area contributed by atoms with E-state index in [2.05, 4.69) is 15.8 Å². The minimum Gasteiger partial charge on any atom is -0.484 e. The van der Waals surface area contributed by atoms with Gasteiger partial charge in [0.05, 0.1) is 22.8 Å². The Hall–Kier alpha value is -4.96. The molecule has 41 heavy (non-hydrogen) atoms. The normalized spacial score (nSPS) is 11.9. The maximum atomic E-state index is 13.3. The first kappa shape index (κ1) is 29.0. The van der Waals surface area contributed by atoms with Crippen LogP contribution in [0, 0.1) is 0 Å². The van der Waals surface area contributed by atoms with E-state index in [1.807, 2.05) is 37.3 Å². The number of nitrogens with zero attached hydrogens (tertiary/aromatic N) is 2. The van der Waals surface area contributed by atoms with Crippen molar-refractivity contribution >= 4 is 33.7 Å². The van der Waals surface area contributed by atoms with E-state index in [4.69, 9.17) is 4.74 Å². The predicted octanol–water partition coefficient (Wildman–Crippen LogP) is 4.29. The molecule has 0 aliphatic carbocycles. The fourth-order valence-electron chi connectivity index (χ4n) is 3.88. The second-order valence-electron chi connectivity index (χ2n) is 9.01. The molecule has 4 rings (SSSR count). The summed E-state index contributed by atoms with van der Waals surface area (Å²) in [5.41, 5.74) is 4.40. The third-order valence-corrected chi connectivity index (χ3v) is 7.78. The average Bonchev–Trinajstić information content (AvgIpc) is 3.00. The van der Waals surface area contributed by atoms with Gasteiger partial charge in [-0.3, -0.25) is 13.9 Å². The van der Waals surface area contributed by atoms with Crippen molar-refractivity contribution in [1.29, 1.82) is 0 Å². The second kappa shape index (κ2) is 13.9. The van der Waals surface area contributed by atoms with Gasteiger partial charge in [0.15, 0.2) is 6.61 Å². The van der Waals surface area contributed by atoms with Crippen LogP contribution in [-0.2, 0) is 19.6 Å². The van der Waals surface area contributed by atoms with Crippen molar-refractivity contribution in [2.24, 2.45) is 5.10 Å². The summed E-state index contributed by atoms with van der Waals surface area (Å²) in [4.78, 5) is 25.0. The van der Waals surface area contributed by atoms with Crippen LogP contribution in [0.3, 0.4) is 0 Å². The number of para-hydroxylation sites is 1. The van der Waals surface area contributed by atoms with Gasteiger partial charge in [0, 0.05) is 0 Å². The van der Waals surface area contributed by atoms with Gasteiger partial charge in [-0.15, -0.1) is 0 Å². The van der Waals surface area contributed by atoms with Gasteiger partial charge in [-0.2, -0.15) is 5.10 Å². The molecule has 0 aliphatic heterocycles. The van der Waals surface area contributed by atoms with Gasteiger partial charge in [-0.1, -0.05) is 66.7 Å². The SMILES string of the molecule is C[C@@H](NC(=O)COc1ccc(/C=N\NC(=O)CN(c2ccccc2)S(=O)(=O)c2ccccc2)cc1)c1ccccc1. The molecule has 0 aliphatic rings. The van der Waals surface area contributed by atoms with Crippen molar-refractivity contribution in [3.05, 3.63) is 126 Å². The van der Waals surface area contributed by atoms with E-state index in [0.29, 0.717) is 17.0 Å². The Kier molecular flexibility index (Phi) is 9.85. The molecule has 0 spiro atoms. The third-order valence-electron chi connectivity index (χ3n) is 5.99. The van der Waals surface area contributed by atoms with Gasteiger partial charge < -0.3 is 10.1 Å². The van der Waals surface area contributed by atoms with Gasteiger partial charge >= 0.3 is 0 Å². The molecule has 0 radical (unpaired) electrons. The molecule has 4 aromatic rings. The lowest BCUT2D eigenvalue weighted by molar-refractivity contribution is -0.123. The molecular weight excluding hydrogens is 540 g/mol. The number of amides is 2. The van der Waals surface area contributed by atoms with E-state index >= 15 is 0 Å². The van der Waals surface area contributed by atoms with E-state index in [9.17, 15) is 18.0 Å². The number of rotatable bonds is 12. The maximum Gasteiger partial charge on any atom is 0.264 e.